The van der Waals surface area contributed by atoms with E-state index in [-0.39, 0.29) is 37.2 Å². The number of likely N-dealkylation sites (N-methyl/N-ethyl adjacent to an activating group) is 1. The fourth-order valence-electron chi connectivity index (χ4n) is 1.03. The Hall–Kier alpha value is -0.430. The molecule has 0 amide bonds. The fourth-order valence-corrected chi connectivity index (χ4v) is 1.61. The normalized spacial score (nSPS) is 11.9. The maximum Gasteiger partial charge on any atom is 0.441 e. The third kappa shape index (κ3) is 8.84. The minimum absolute atomic E-state index is 0.0444. The van der Waals surface area contributed by atoms with Crippen LogP contribution in [0, 0.1) is 0 Å². The first-order valence-electron chi connectivity index (χ1n) is 4.97. The van der Waals surface area contributed by atoms with Crippen LogP contribution in [-0.4, -0.2) is 48.4 Å². The van der Waals surface area contributed by atoms with E-state index in [0.717, 1.165) is 0 Å². The SMILES string of the molecule is CCOC(=O)CN(CC)CCSC(F)(F)F. The number of alkyl halides is 3. The van der Waals surface area contributed by atoms with Crippen LogP contribution in [-0.2, 0) is 9.53 Å². The second-order valence-corrected chi connectivity index (χ2v) is 4.13. The van der Waals surface area contributed by atoms with Crippen molar-refractivity contribution in [1.82, 2.24) is 4.90 Å². The molecule has 0 fully saturated rings. The Balaban J connectivity index is 3.79. The summed E-state index contributed by atoms with van der Waals surface area (Å²) in [5.41, 5.74) is -4.21. The minimum atomic E-state index is -4.21. The quantitative estimate of drug-likeness (QED) is 0.655. The molecule has 0 aliphatic rings. The Morgan fingerprint density at radius 1 is 1.38 bits per heavy atom. The molecule has 0 aliphatic carbocycles. The number of nitrogens with zero attached hydrogens (tertiary/aromatic N) is 1. The molecule has 0 aliphatic heterocycles. The van der Waals surface area contributed by atoms with Crippen LogP contribution in [0.1, 0.15) is 13.8 Å². The molecule has 3 nitrogen and oxygen atoms in total. The van der Waals surface area contributed by atoms with Crippen molar-refractivity contribution < 1.29 is 22.7 Å². The van der Waals surface area contributed by atoms with Crippen molar-refractivity contribution in [3.05, 3.63) is 0 Å². The molecule has 16 heavy (non-hydrogen) atoms. The highest BCUT2D eigenvalue weighted by atomic mass is 32.2. The molecule has 0 N–H and O–H groups in total. The highest BCUT2D eigenvalue weighted by Crippen LogP contribution is 2.29. The molecule has 0 aromatic rings. The van der Waals surface area contributed by atoms with Gasteiger partial charge in [-0.15, -0.1) is 0 Å². The standard InChI is InChI=1S/C9H16F3NO2S/c1-3-13(7-8(14)15-4-2)5-6-16-9(10,11)12/h3-7H2,1-2H3. The number of carbonyl (C=O) groups excluding carboxylic acids is 1. The van der Waals surface area contributed by atoms with Gasteiger partial charge in [0.1, 0.15) is 0 Å². The number of hydrogen-bond acceptors (Lipinski definition) is 4. The van der Waals surface area contributed by atoms with Crippen LogP contribution in [0.5, 0.6) is 0 Å². The lowest BCUT2D eigenvalue weighted by Gasteiger charge is -2.19. The largest absolute Gasteiger partial charge is 0.465 e. The van der Waals surface area contributed by atoms with Crippen LogP contribution in [0.4, 0.5) is 13.2 Å². The summed E-state index contributed by atoms with van der Waals surface area (Å²) in [5, 5.41) is 0. The summed E-state index contributed by atoms with van der Waals surface area (Å²) in [6.07, 6.45) is 0. The Bertz CT molecular complexity index is 211. The lowest BCUT2D eigenvalue weighted by Crippen LogP contribution is -2.33. The molecule has 0 spiro atoms. The molecule has 0 bridgehead atoms. The van der Waals surface area contributed by atoms with Gasteiger partial charge >= 0.3 is 11.5 Å². The van der Waals surface area contributed by atoms with Gasteiger partial charge in [0.25, 0.3) is 0 Å². The maximum absolute atomic E-state index is 11.8. The van der Waals surface area contributed by atoms with Crippen molar-refractivity contribution in [2.75, 3.05) is 32.0 Å². The van der Waals surface area contributed by atoms with Gasteiger partial charge in [-0.2, -0.15) is 13.2 Å². The number of halogens is 3. The van der Waals surface area contributed by atoms with Crippen LogP contribution < -0.4 is 0 Å². The van der Waals surface area contributed by atoms with E-state index in [2.05, 4.69) is 0 Å². The van der Waals surface area contributed by atoms with E-state index in [1.54, 1.807) is 18.7 Å². The molecule has 0 heterocycles. The Kier molecular flexibility index (Phi) is 7.57. The number of ether oxygens (including phenoxy) is 1. The monoisotopic (exact) mass is 259 g/mol. The van der Waals surface area contributed by atoms with Crippen LogP contribution in [0.3, 0.4) is 0 Å². The molecule has 0 saturated heterocycles. The van der Waals surface area contributed by atoms with Gasteiger partial charge in [0.05, 0.1) is 13.2 Å². The van der Waals surface area contributed by atoms with Crippen LogP contribution >= 0.6 is 11.8 Å². The molecule has 0 aromatic heterocycles. The molecule has 96 valence electrons. The van der Waals surface area contributed by atoms with E-state index in [1.807, 2.05) is 0 Å². The van der Waals surface area contributed by atoms with E-state index in [1.165, 1.54) is 0 Å². The zero-order chi connectivity index (χ0) is 12.6. The third-order valence-electron chi connectivity index (χ3n) is 1.78. The number of hydrogen-bond donors (Lipinski definition) is 0. The zero-order valence-corrected chi connectivity index (χ0v) is 10.2. The predicted octanol–water partition coefficient (Wildman–Crippen LogP) is 2.12. The predicted molar refractivity (Wildman–Crippen MR) is 57.3 cm³/mol. The summed E-state index contributed by atoms with van der Waals surface area (Å²) >= 11 is -0.0761. The van der Waals surface area contributed by atoms with E-state index in [0.29, 0.717) is 6.54 Å². The van der Waals surface area contributed by atoms with Gasteiger partial charge in [0.15, 0.2) is 0 Å². The number of thioether (sulfide) groups is 1. The van der Waals surface area contributed by atoms with E-state index in [4.69, 9.17) is 4.74 Å². The van der Waals surface area contributed by atoms with E-state index in [9.17, 15) is 18.0 Å². The smallest absolute Gasteiger partial charge is 0.441 e. The molecular formula is C9H16F3NO2S. The van der Waals surface area contributed by atoms with Crippen molar-refractivity contribution >= 4 is 17.7 Å². The van der Waals surface area contributed by atoms with Crippen molar-refractivity contribution in [2.24, 2.45) is 0 Å². The summed E-state index contributed by atoms with van der Waals surface area (Å²) in [7, 11) is 0. The van der Waals surface area contributed by atoms with Gasteiger partial charge in [-0.1, -0.05) is 6.92 Å². The molecule has 0 aromatic carbocycles. The average Bonchev–Trinajstić information content (AvgIpc) is 2.14. The first kappa shape index (κ1) is 15.6. The summed E-state index contributed by atoms with van der Waals surface area (Å²) < 4.78 is 40.3. The van der Waals surface area contributed by atoms with Gasteiger partial charge in [0, 0.05) is 12.3 Å². The fraction of sp³-hybridized carbons (Fsp3) is 0.889. The van der Waals surface area contributed by atoms with Crippen molar-refractivity contribution in [3.63, 3.8) is 0 Å². The Labute approximate surface area is 97.3 Å². The summed E-state index contributed by atoms with van der Waals surface area (Å²) in [6.45, 7) is 4.55. The number of esters is 1. The third-order valence-corrected chi connectivity index (χ3v) is 2.49. The Morgan fingerprint density at radius 3 is 2.44 bits per heavy atom. The van der Waals surface area contributed by atoms with Gasteiger partial charge in [-0.3, -0.25) is 9.69 Å². The van der Waals surface area contributed by atoms with Crippen LogP contribution in [0.2, 0.25) is 0 Å². The minimum Gasteiger partial charge on any atom is -0.465 e. The van der Waals surface area contributed by atoms with E-state index >= 15 is 0 Å². The molecule has 0 radical (unpaired) electrons. The van der Waals surface area contributed by atoms with Gasteiger partial charge in [-0.05, 0) is 25.2 Å². The average molecular weight is 259 g/mol. The number of carbonyl (C=O) groups is 1. The van der Waals surface area contributed by atoms with Crippen LogP contribution in [0.15, 0.2) is 0 Å². The molecule has 0 saturated carbocycles. The van der Waals surface area contributed by atoms with Crippen LogP contribution in [0.25, 0.3) is 0 Å². The first-order chi connectivity index (χ1) is 7.39. The molecule has 0 atom stereocenters. The maximum atomic E-state index is 11.8. The van der Waals surface area contributed by atoms with Crippen molar-refractivity contribution in [1.29, 1.82) is 0 Å². The lowest BCUT2D eigenvalue weighted by molar-refractivity contribution is -0.144. The van der Waals surface area contributed by atoms with E-state index < -0.39 is 11.5 Å². The molecular weight excluding hydrogens is 243 g/mol. The topological polar surface area (TPSA) is 29.5 Å². The van der Waals surface area contributed by atoms with Gasteiger partial charge < -0.3 is 4.74 Å². The highest BCUT2D eigenvalue weighted by molar-refractivity contribution is 8.00. The first-order valence-corrected chi connectivity index (χ1v) is 5.96. The van der Waals surface area contributed by atoms with Gasteiger partial charge in [-0.25, -0.2) is 0 Å². The van der Waals surface area contributed by atoms with Crippen molar-refractivity contribution in [3.8, 4) is 0 Å². The summed E-state index contributed by atoms with van der Waals surface area (Å²) in [4.78, 5) is 12.7. The molecule has 7 heteroatoms. The Morgan fingerprint density at radius 2 is 2.00 bits per heavy atom. The second-order valence-electron chi connectivity index (χ2n) is 2.97. The van der Waals surface area contributed by atoms with Crippen molar-refractivity contribution in [2.45, 2.75) is 19.4 Å². The summed E-state index contributed by atoms with van der Waals surface area (Å²) in [6, 6.07) is 0. The zero-order valence-electron chi connectivity index (χ0n) is 9.34. The lowest BCUT2D eigenvalue weighted by atomic mass is 10.5. The summed E-state index contributed by atoms with van der Waals surface area (Å²) in [5.74, 6) is -0.474. The second kappa shape index (κ2) is 7.78. The highest BCUT2D eigenvalue weighted by Gasteiger charge is 2.27. The van der Waals surface area contributed by atoms with Gasteiger partial charge in [0.2, 0.25) is 0 Å². The molecule has 0 unspecified atom stereocenters. The number of rotatable bonds is 7. The molecule has 0 rings (SSSR count).